The lowest BCUT2D eigenvalue weighted by molar-refractivity contribution is -0.119. The van der Waals surface area contributed by atoms with E-state index in [1.807, 2.05) is 31.2 Å². The van der Waals surface area contributed by atoms with Crippen molar-refractivity contribution in [3.05, 3.63) is 58.6 Å². The lowest BCUT2D eigenvalue weighted by Gasteiger charge is -2.24. The third-order valence-electron chi connectivity index (χ3n) is 3.91. The van der Waals surface area contributed by atoms with Crippen molar-refractivity contribution in [2.45, 2.75) is 18.7 Å². The smallest absolute Gasteiger partial charge is 0.240 e. The molecule has 0 atom stereocenters. The normalized spacial score (nSPS) is 11.3. The Hall–Kier alpha value is -1.70. The minimum absolute atomic E-state index is 0.283. The minimum Gasteiger partial charge on any atom is -0.354 e. The zero-order chi connectivity index (χ0) is 20.0. The summed E-state index contributed by atoms with van der Waals surface area (Å²) in [5, 5.41) is 3.23. The lowest BCUT2D eigenvalue weighted by atomic mass is 10.2. The van der Waals surface area contributed by atoms with Gasteiger partial charge in [-0.25, -0.2) is 8.42 Å². The maximum Gasteiger partial charge on any atom is 0.240 e. The van der Waals surface area contributed by atoms with Crippen molar-refractivity contribution >= 4 is 45.0 Å². The molecule has 1 N–H and O–H groups in total. The first-order chi connectivity index (χ1) is 12.7. The number of hydrogen-bond acceptors (Lipinski definition) is 4. The predicted octanol–water partition coefficient (Wildman–Crippen LogP) is 3.63. The number of aryl methyl sites for hydroxylation is 1. The van der Waals surface area contributed by atoms with Crippen LogP contribution in [-0.2, 0) is 14.8 Å². The summed E-state index contributed by atoms with van der Waals surface area (Å²) in [6, 6.07) is 13.1. The van der Waals surface area contributed by atoms with Crippen molar-refractivity contribution in [1.82, 2.24) is 5.32 Å². The van der Waals surface area contributed by atoms with Crippen LogP contribution in [0.5, 0.6) is 0 Å². The van der Waals surface area contributed by atoms with E-state index in [0.717, 1.165) is 15.5 Å². The van der Waals surface area contributed by atoms with E-state index in [1.165, 1.54) is 5.56 Å². The second kappa shape index (κ2) is 9.48. The summed E-state index contributed by atoms with van der Waals surface area (Å²) in [6.45, 7) is 3.93. The first-order valence-electron chi connectivity index (χ1n) is 8.37. The fraction of sp³-hybridized carbons (Fsp3) is 0.316. The van der Waals surface area contributed by atoms with Gasteiger partial charge in [0.25, 0.3) is 0 Å². The molecule has 0 aliphatic rings. The maximum atomic E-state index is 12.3. The highest BCUT2D eigenvalue weighted by Gasteiger charge is 2.22. The Labute approximate surface area is 170 Å². The minimum atomic E-state index is -3.62. The van der Waals surface area contributed by atoms with Gasteiger partial charge in [-0.3, -0.25) is 9.10 Å². The average molecular weight is 427 g/mol. The Bertz CT molecular complexity index is 900. The highest BCUT2D eigenvalue weighted by Crippen LogP contribution is 2.28. The van der Waals surface area contributed by atoms with Crippen molar-refractivity contribution in [2.75, 3.05) is 29.4 Å². The van der Waals surface area contributed by atoms with Crippen molar-refractivity contribution in [1.29, 1.82) is 0 Å². The molecule has 0 aliphatic carbocycles. The van der Waals surface area contributed by atoms with Gasteiger partial charge in [-0.1, -0.05) is 35.4 Å². The first kappa shape index (κ1) is 21.6. The van der Waals surface area contributed by atoms with E-state index in [-0.39, 0.29) is 12.5 Å². The summed E-state index contributed by atoms with van der Waals surface area (Å²) in [4.78, 5) is 13.4. The van der Waals surface area contributed by atoms with Gasteiger partial charge < -0.3 is 5.32 Å². The average Bonchev–Trinajstić information content (AvgIpc) is 2.60. The number of carbonyl (C=O) groups is 1. The van der Waals surface area contributed by atoms with Gasteiger partial charge in [0.1, 0.15) is 6.54 Å². The summed E-state index contributed by atoms with van der Waals surface area (Å²) in [7, 11) is -3.62. The quantitative estimate of drug-likeness (QED) is 0.517. The molecule has 0 radical (unpaired) electrons. The Morgan fingerprint density at radius 1 is 1.15 bits per heavy atom. The molecule has 1 amide bonds. The Morgan fingerprint density at radius 3 is 2.44 bits per heavy atom. The van der Waals surface area contributed by atoms with Crippen LogP contribution in [0.25, 0.3) is 0 Å². The van der Waals surface area contributed by atoms with Crippen LogP contribution in [0, 0.1) is 13.8 Å². The zero-order valence-corrected chi connectivity index (χ0v) is 17.9. The van der Waals surface area contributed by atoms with E-state index in [2.05, 4.69) is 5.32 Å². The summed E-state index contributed by atoms with van der Waals surface area (Å²) in [6.07, 6.45) is 1.08. The monoisotopic (exact) mass is 426 g/mol. The molecule has 2 rings (SSSR count). The summed E-state index contributed by atoms with van der Waals surface area (Å²) >= 11 is 7.72. The van der Waals surface area contributed by atoms with Crippen molar-refractivity contribution < 1.29 is 13.2 Å². The number of nitrogens with zero attached hydrogens (tertiary/aromatic N) is 1. The van der Waals surface area contributed by atoms with Gasteiger partial charge in [0.05, 0.1) is 11.9 Å². The third-order valence-corrected chi connectivity index (χ3v) is 6.46. The number of anilines is 1. The Balaban J connectivity index is 1.94. The molecule has 0 fully saturated rings. The molecule has 2 aromatic rings. The zero-order valence-electron chi connectivity index (χ0n) is 15.5. The van der Waals surface area contributed by atoms with E-state index in [9.17, 15) is 13.2 Å². The number of rotatable bonds is 8. The number of hydrogen-bond donors (Lipinski definition) is 1. The number of amides is 1. The molecule has 0 heterocycles. The van der Waals surface area contributed by atoms with Crippen LogP contribution in [0.15, 0.2) is 47.4 Å². The summed E-state index contributed by atoms with van der Waals surface area (Å²) in [5.41, 5.74) is 2.23. The summed E-state index contributed by atoms with van der Waals surface area (Å²) in [5.74, 6) is 0.341. The van der Waals surface area contributed by atoms with E-state index in [1.54, 1.807) is 36.9 Å². The van der Waals surface area contributed by atoms with Gasteiger partial charge >= 0.3 is 0 Å². The molecule has 8 heteroatoms. The van der Waals surface area contributed by atoms with E-state index < -0.39 is 10.0 Å². The molecular weight excluding hydrogens is 404 g/mol. The number of thioether (sulfide) groups is 1. The van der Waals surface area contributed by atoms with Crippen molar-refractivity contribution in [3.63, 3.8) is 0 Å². The van der Waals surface area contributed by atoms with Crippen LogP contribution >= 0.6 is 23.4 Å². The molecule has 146 valence electrons. The van der Waals surface area contributed by atoms with Crippen LogP contribution in [0.2, 0.25) is 5.02 Å². The predicted molar refractivity (Wildman–Crippen MR) is 113 cm³/mol. The largest absolute Gasteiger partial charge is 0.354 e. The highest BCUT2D eigenvalue weighted by molar-refractivity contribution is 7.99. The van der Waals surface area contributed by atoms with Crippen LogP contribution in [0.4, 0.5) is 5.69 Å². The van der Waals surface area contributed by atoms with Gasteiger partial charge in [0, 0.05) is 22.2 Å². The van der Waals surface area contributed by atoms with Crippen molar-refractivity contribution in [2.24, 2.45) is 0 Å². The molecule has 0 aromatic heterocycles. The van der Waals surface area contributed by atoms with Crippen LogP contribution < -0.4 is 9.62 Å². The number of halogens is 1. The standard InChI is InChI=1S/C19H23ClN2O3S2/c1-14-7-9-16(10-8-14)26-12-11-21-19(23)13-22(27(3,24)25)18-6-4-5-17(20)15(18)2/h4-10H,11-13H2,1-3H3,(H,21,23). The van der Waals surface area contributed by atoms with Gasteiger partial charge in [0.2, 0.25) is 15.9 Å². The lowest BCUT2D eigenvalue weighted by Crippen LogP contribution is -2.41. The van der Waals surface area contributed by atoms with E-state index in [4.69, 9.17) is 11.6 Å². The molecule has 0 aliphatic heterocycles. The van der Waals surface area contributed by atoms with Crippen molar-refractivity contribution in [3.8, 4) is 0 Å². The molecule has 0 bridgehead atoms. The van der Waals surface area contributed by atoms with E-state index in [0.29, 0.717) is 28.6 Å². The second-order valence-corrected chi connectivity index (χ2v) is 9.65. The molecule has 0 saturated carbocycles. The van der Waals surface area contributed by atoms with Gasteiger partial charge in [0.15, 0.2) is 0 Å². The Morgan fingerprint density at radius 2 is 1.81 bits per heavy atom. The number of sulfonamides is 1. The first-order valence-corrected chi connectivity index (χ1v) is 11.6. The van der Waals surface area contributed by atoms with Gasteiger partial charge in [-0.2, -0.15) is 0 Å². The second-order valence-electron chi connectivity index (χ2n) is 6.17. The van der Waals surface area contributed by atoms with Gasteiger partial charge in [-0.15, -0.1) is 11.8 Å². The maximum absolute atomic E-state index is 12.3. The van der Waals surface area contributed by atoms with E-state index >= 15 is 0 Å². The van der Waals surface area contributed by atoms with Crippen LogP contribution in [0.1, 0.15) is 11.1 Å². The third kappa shape index (κ3) is 6.45. The highest BCUT2D eigenvalue weighted by atomic mass is 35.5. The van der Waals surface area contributed by atoms with Gasteiger partial charge in [-0.05, 0) is 43.7 Å². The summed E-state index contributed by atoms with van der Waals surface area (Å²) < 4.78 is 25.4. The van der Waals surface area contributed by atoms with Crippen LogP contribution in [0.3, 0.4) is 0 Å². The molecule has 0 saturated heterocycles. The van der Waals surface area contributed by atoms with Crippen LogP contribution in [-0.4, -0.2) is 39.4 Å². The molecule has 0 unspecified atom stereocenters. The SMILES string of the molecule is Cc1ccc(SCCNC(=O)CN(c2cccc(Cl)c2C)S(C)(=O)=O)cc1. The molecule has 0 spiro atoms. The fourth-order valence-corrected chi connectivity index (χ4v) is 4.27. The number of nitrogens with one attached hydrogen (secondary N) is 1. The number of carbonyl (C=O) groups excluding carboxylic acids is 1. The fourth-order valence-electron chi connectivity index (χ4n) is 2.43. The molecule has 2 aromatic carbocycles. The molecule has 5 nitrogen and oxygen atoms in total. The topological polar surface area (TPSA) is 66.5 Å². The number of benzene rings is 2. The molecule has 27 heavy (non-hydrogen) atoms. The Kier molecular flexibility index (Phi) is 7.59. The molecular formula is C19H23ClN2O3S2.